The lowest BCUT2D eigenvalue weighted by Gasteiger charge is -2.39. The highest BCUT2D eigenvalue weighted by molar-refractivity contribution is 14.1. The van der Waals surface area contributed by atoms with Crippen LogP contribution in [-0.4, -0.2) is 74.8 Å². The highest BCUT2D eigenvalue weighted by Gasteiger charge is 2.62. The predicted octanol–water partition coefficient (Wildman–Crippen LogP) is 8.20. The Morgan fingerprint density at radius 1 is 0.840 bits per heavy atom. The number of hydrogen-bond donors (Lipinski definition) is 0. The molecule has 0 N–H and O–H groups in total. The molecular weight excluding hydrogens is 866 g/mol. The summed E-state index contributed by atoms with van der Waals surface area (Å²) in [6, 6.07) is 22.1. The van der Waals surface area contributed by atoms with Crippen LogP contribution in [0.2, 0.25) is 0 Å². The molecule has 0 heterocycles. The van der Waals surface area contributed by atoms with E-state index in [1.165, 1.54) is 0 Å². The summed E-state index contributed by atoms with van der Waals surface area (Å²) in [5.74, 6) is -2.26. The third-order valence-electron chi connectivity index (χ3n) is 8.83. The van der Waals surface area contributed by atoms with E-state index in [4.69, 9.17) is 19.1 Å². The summed E-state index contributed by atoms with van der Waals surface area (Å²) >= 11 is 4.17. The molecule has 0 bridgehead atoms. The summed E-state index contributed by atoms with van der Waals surface area (Å²) in [6.07, 6.45) is 0.397. The highest BCUT2D eigenvalue weighted by Crippen LogP contribution is 2.44. The molecule has 1 unspecified atom stereocenters. The Hall–Kier alpha value is -2.92. The number of alkyl halides is 2. The maximum absolute atomic E-state index is 15.1. The van der Waals surface area contributed by atoms with Crippen molar-refractivity contribution in [3.8, 4) is 11.1 Å². The van der Waals surface area contributed by atoms with Crippen molar-refractivity contribution >= 4 is 69.6 Å². The zero-order valence-electron chi connectivity index (χ0n) is 28.8. The lowest BCUT2D eigenvalue weighted by Crippen LogP contribution is -2.70. The molecule has 1 radical (unpaired) electrons. The van der Waals surface area contributed by atoms with Gasteiger partial charge in [-0.05, 0) is 44.8 Å². The van der Waals surface area contributed by atoms with Crippen LogP contribution in [0.25, 0.3) is 11.1 Å². The second-order valence-electron chi connectivity index (χ2n) is 12.3. The number of carbonyl (C=O) groups is 3. The van der Waals surface area contributed by atoms with Crippen LogP contribution in [0.5, 0.6) is 0 Å². The number of amides is 3. The molecule has 0 aromatic heterocycles. The van der Waals surface area contributed by atoms with Crippen LogP contribution >= 0.6 is 45.2 Å². The Kier molecular flexibility index (Phi) is 15.2. The molecule has 1 aliphatic carbocycles. The average molecular weight is 911 g/mol. The van der Waals surface area contributed by atoms with Gasteiger partial charge in [-0.25, -0.2) is 9.59 Å². The molecule has 3 amide bonds. The summed E-state index contributed by atoms with van der Waals surface area (Å²) in [4.78, 5) is 68.5. The van der Waals surface area contributed by atoms with E-state index >= 15 is 4.79 Å². The number of nitrogens with zero attached hydrogens (tertiary/aromatic N) is 2. The number of carbonyl (C=O) groups excluding carboxylic acids is 4. The molecule has 3 aromatic rings. The lowest BCUT2D eigenvalue weighted by atomic mass is 9.95. The second-order valence-corrected chi connectivity index (χ2v) is 14.5. The molecule has 267 valence electrons. The third kappa shape index (κ3) is 8.75. The third-order valence-corrected chi connectivity index (χ3v) is 9.71. The van der Waals surface area contributed by atoms with Crippen molar-refractivity contribution in [1.29, 1.82) is 0 Å². The summed E-state index contributed by atoms with van der Waals surface area (Å²) in [5.41, 5.74) is 4.88. The SMILES string of the molecule is CC[C@H](C)[C@@H]([C]=O)[N+](OCCI)(C(=O)OCc1ccccc1)C(=O)[C@H](C(C)C)N(OCCI)C(=O)OCC1c2ccccc2-c2ccccc21. The number of imide groups is 1. The van der Waals surface area contributed by atoms with Gasteiger partial charge in [-0.1, -0.05) is 152 Å². The molecule has 50 heavy (non-hydrogen) atoms. The van der Waals surface area contributed by atoms with E-state index in [0.29, 0.717) is 20.8 Å². The number of rotatable bonds is 17. The monoisotopic (exact) mass is 910 g/mol. The summed E-state index contributed by atoms with van der Waals surface area (Å²) in [5, 5.41) is 0.905. The number of halogens is 2. The maximum atomic E-state index is 15.1. The van der Waals surface area contributed by atoms with Crippen LogP contribution in [0.15, 0.2) is 78.9 Å². The standard InChI is InChI=1S/C38H44I2N2O8/c1-5-27(4)34(23-43)42(50-22-20-40,38(46)48-24-28-13-7-6-8-14-28)36(44)35(26(2)3)41(49-21-19-39)37(45)47-25-33-31-17-11-9-15-29(31)30-16-10-12-18-32(30)33/h6-18,26-27,33-35H,5,19-22,24-25H2,1-4H3/q+1/t27-,34+,35-,42?/m0/s1. The fraction of sp³-hybridized carbons (Fsp3) is 0.421. The maximum Gasteiger partial charge on any atom is 0.558 e. The van der Waals surface area contributed by atoms with Gasteiger partial charge >= 0.3 is 18.1 Å². The van der Waals surface area contributed by atoms with Gasteiger partial charge < -0.3 is 9.47 Å². The number of ether oxygens (including phenoxy) is 2. The highest BCUT2D eigenvalue weighted by atomic mass is 127. The van der Waals surface area contributed by atoms with Crippen molar-refractivity contribution in [2.45, 2.75) is 58.7 Å². The van der Waals surface area contributed by atoms with Crippen molar-refractivity contribution < 1.29 is 43.0 Å². The average Bonchev–Trinajstić information content (AvgIpc) is 3.46. The number of fused-ring (bicyclic) bond motifs is 3. The summed E-state index contributed by atoms with van der Waals surface area (Å²) in [7, 11) is 0. The zero-order valence-corrected chi connectivity index (χ0v) is 33.1. The van der Waals surface area contributed by atoms with E-state index in [1.54, 1.807) is 45.0 Å². The van der Waals surface area contributed by atoms with E-state index in [1.807, 2.05) is 67.8 Å². The smallest absolute Gasteiger partial charge is 0.447 e. The van der Waals surface area contributed by atoms with Gasteiger partial charge in [0.25, 0.3) is 6.29 Å². The van der Waals surface area contributed by atoms with Crippen molar-refractivity contribution in [1.82, 2.24) is 5.06 Å². The van der Waals surface area contributed by atoms with E-state index in [9.17, 15) is 14.4 Å². The first kappa shape index (κ1) is 39.9. The first-order valence-electron chi connectivity index (χ1n) is 16.7. The van der Waals surface area contributed by atoms with Crippen LogP contribution in [-0.2, 0) is 35.3 Å². The molecule has 4 atom stereocenters. The van der Waals surface area contributed by atoms with Gasteiger partial charge in [0.2, 0.25) is 6.04 Å². The van der Waals surface area contributed by atoms with Crippen LogP contribution in [0, 0.1) is 11.8 Å². The molecule has 0 saturated heterocycles. The van der Waals surface area contributed by atoms with Gasteiger partial charge in [0, 0.05) is 20.7 Å². The van der Waals surface area contributed by atoms with Crippen molar-refractivity contribution in [2.75, 3.05) is 28.7 Å². The Balaban J connectivity index is 1.73. The van der Waals surface area contributed by atoms with E-state index in [0.717, 1.165) is 27.3 Å². The number of hydrogen-bond acceptors (Lipinski definition) is 8. The minimum Gasteiger partial charge on any atom is -0.447 e. The van der Waals surface area contributed by atoms with Gasteiger partial charge in [-0.3, -0.25) is 9.63 Å². The Bertz CT molecular complexity index is 1560. The normalized spacial score (nSPS) is 15.3. The fourth-order valence-electron chi connectivity index (χ4n) is 6.19. The first-order chi connectivity index (χ1) is 24.2. The van der Waals surface area contributed by atoms with Gasteiger partial charge in [0.15, 0.2) is 6.04 Å². The van der Waals surface area contributed by atoms with Crippen LogP contribution < -0.4 is 0 Å². The molecule has 1 aliphatic rings. The molecular formula is C38H44I2N2O8+. The minimum absolute atomic E-state index is 0.0159. The molecule has 0 spiro atoms. The first-order valence-corrected chi connectivity index (χ1v) is 19.8. The Morgan fingerprint density at radius 3 is 1.96 bits per heavy atom. The predicted molar refractivity (Wildman–Crippen MR) is 206 cm³/mol. The molecule has 3 aromatic carbocycles. The molecule has 0 fully saturated rings. The summed E-state index contributed by atoms with van der Waals surface area (Å²) < 4.78 is 11.2. The lowest BCUT2D eigenvalue weighted by molar-refractivity contribution is -0.998. The molecule has 4 rings (SSSR count). The zero-order chi connectivity index (χ0) is 36.3. The number of quaternary nitrogens is 1. The van der Waals surface area contributed by atoms with Crippen molar-refractivity contribution in [3.63, 3.8) is 0 Å². The molecule has 0 aliphatic heterocycles. The van der Waals surface area contributed by atoms with Crippen LogP contribution in [0.4, 0.5) is 9.59 Å². The van der Waals surface area contributed by atoms with Crippen LogP contribution in [0.1, 0.15) is 56.7 Å². The van der Waals surface area contributed by atoms with Gasteiger partial charge in [-0.2, -0.15) is 14.7 Å². The minimum atomic E-state index is -1.45. The summed E-state index contributed by atoms with van der Waals surface area (Å²) in [6.45, 7) is 6.87. The Labute approximate surface area is 321 Å². The quantitative estimate of drug-likeness (QED) is 0.0578. The van der Waals surface area contributed by atoms with E-state index < -0.39 is 46.7 Å². The molecule has 0 saturated carbocycles. The van der Waals surface area contributed by atoms with Crippen molar-refractivity contribution in [3.05, 3.63) is 95.6 Å². The largest absolute Gasteiger partial charge is 0.558 e. The van der Waals surface area contributed by atoms with E-state index in [2.05, 4.69) is 45.2 Å². The Morgan fingerprint density at radius 2 is 1.42 bits per heavy atom. The topological polar surface area (TPSA) is 108 Å². The fourth-order valence-corrected chi connectivity index (χ4v) is 6.59. The van der Waals surface area contributed by atoms with Gasteiger partial charge in [0.05, 0.1) is 6.61 Å². The van der Waals surface area contributed by atoms with E-state index in [-0.39, 0.29) is 32.3 Å². The molecule has 12 heteroatoms. The van der Waals surface area contributed by atoms with Gasteiger partial charge in [-0.15, -0.1) is 0 Å². The van der Waals surface area contributed by atoms with Crippen molar-refractivity contribution in [2.24, 2.45) is 11.8 Å². The second kappa shape index (κ2) is 19.1. The number of benzene rings is 3. The van der Waals surface area contributed by atoms with Crippen LogP contribution in [0.3, 0.4) is 0 Å². The molecule has 10 nitrogen and oxygen atoms in total. The number of hydroxylamine groups is 5. The van der Waals surface area contributed by atoms with Gasteiger partial charge in [0.1, 0.15) is 19.8 Å².